The van der Waals surface area contributed by atoms with Crippen LogP contribution in [0.1, 0.15) is 20.3 Å². The van der Waals surface area contributed by atoms with Gasteiger partial charge >= 0.3 is 6.01 Å². The van der Waals surface area contributed by atoms with Crippen molar-refractivity contribution in [3.8, 4) is 6.01 Å². The lowest BCUT2D eigenvalue weighted by Gasteiger charge is -2.30. The summed E-state index contributed by atoms with van der Waals surface area (Å²) in [6.45, 7) is 6.67. The number of rotatable bonds is 5. The zero-order valence-electron chi connectivity index (χ0n) is 11.3. The molecule has 1 aromatic rings. The van der Waals surface area contributed by atoms with E-state index in [4.69, 9.17) is 10.6 Å². The van der Waals surface area contributed by atoms with Gasteiger partial charge in [0.25, 0.3) is 0 Å². The van der Waals surface area contributed by atoms with Crippen LogP contribution in [0.3, 0.4) is 0 Å². The van der Waals surface area contributed by atoms with Crippen molar-refractivity contribution in [2.75, 3.05) is 35.8 Å². The van der Waals surface area contributed by atoms with Crippen LogP contribution < -0.4 is 20.9 Å². The molecule has 2 rings (SSSR count). The first-order valence-electron chi connectivity index (χ1n) is 6.45. The molecule has 0 aliphatic carbocycles. The van der Waals surface area contributed by atoms with E-state index in [0.717, 1.165) is 25.3 Å². The Bertz CT molecular complexity index is 418. The summed E-state index contributed by atoms with van der Waals surface area (Å²) in [5.74, 6) is 7.43. The van der Waals surface area contributed by atoms with Crippen LogP contribution in [-0.2, 0) is 0 Å². The van der Waals surface area contributed by atoms with Crippen LogP contribution in [0.5, 0.6) is 6.01 Å². The number of nitrogen functional groups attached to an aromatic ring is 1. The largest absolute Gasteiger partial charge is 0.463 e. The molecule has 0 radical (unpaired) electrons. The van der Waals surface area contributed by atoms with Gasteiger partial charge in [0.05, 0.1) is 6.61 Å². The minimum absolute atomic E-state index is 0.325. The summed E-state index contributed by atoms with van der Waals surface area (Å²) < 4.78 is 5.47. The third-order valence-electron chi connectivity index (χ3n) is 2.69. The second-order valence-electron chi connectivity index (χ2n) is 4.36. The topological polar surface area (TPSA) is 89.2 Å². The maximum Gasteiger partial charge on any atom is 0.323 e. The number of hydrogen-bond acceptors (Lipinski definition) is 8. The highest BCUT2D eigenvalue weighted by atomic mass is 32.2. The summed E-state index contributed by atoms with van der Waals surface area (Å²) in [6.07, 6.45) is 0.907. The predicted octanol–water partition coefficient (Wildman–Crippen LogP) is 0.888. The van der Waals surface area contributed by atoms with Crippen molar-refractivity contribution in [3.63, 3.8) is 0 Å². The zero-order valence-corrected chi connectivity index (χ0v) is 12.1. The van der Waals surface area contributed by atoms with Gasteiger partial charge in [0.1, 0.15) is 0 Å². The second-order valence-corrected chi connectivity index (χ2v) is 5.91. The number of ether oxygens (including phenoxy) is 1. The number of anilines is 2. The summed E-state index contributed by atoms with van der Waals surface area (Å²) in [5, 5.41) is 0.569. The molecule has 0 bridgehead atoms. The highest BCUT2D eigenvalue weighted by Crippen LogP contribution is 2.22. The summed E-state index contributed by atoms with van der Waals surface area (Å²) in [6, 6.07) is 0.325. The first kappa shape index (κ1) is 14.1. The normalized spacial score (nSPS) is 19.3. The van der Waals surface area contributed by atoms with Crippen LogP contribution in [0.2, 0.25) is 0 Å². The Morgan fingerprint density at radius 2 is 2.32 bits per heavy atom. The Labute approximate surface area is 117 Å². The molecule has 1 fully saturated rings. The minimum atomic E-state index is 0.325. The fourth-order valence-electron chi connectivity index (χ4n) is 1.81. The van der Waals surface area contributed by atoms with Gasteiger partial charge in [0, 0.05) is 24.1 Å². The highest BCUT2D eigenvalue weighted by Gasteiger charge is 2.20. The lowest BCUT2D eigenvalue weighted by Crippen LogP contribution is -2.38. The van der Waals surface area contributed by atoms with E-state index in [-0.39, 0.29) is 0 Å². The molecule has 8 heteroatoms. The molecule has 1 aliphatic heterocycles. The Morgan fingerprint density at radius 1 is 1.47 bits per heavy atom. The van der Waals surface area contributed by atoms with Crippen molar-refractivity contribution in [2.24, 2.45) is 5.84 Å². The first-order chi connectivity index (χ1) is 9.22. The smallest absolute Gasteiger partial charge is 0.323 e. The third kappa shape index (κ3) is 3.84. The maximum atomic E-state index is 5.47. The maximum absolute atomic E-state index is 5.47. The van der Waals surface area contributed by atoms with Crippen molar-refractivity contribution < 1.29 is 4.74 Å². The summed E-state index contributed by atoms with van der Waals surface area (Å²) in [4.78, 5) is 14.9. The van der Waals surface area contributed by atoms with Crippen molar-refractivity contribution in [1.29, 1.82) is 0 Å². The van der Waals surface area contributed by atoms with E-state index < -0.39 is 0 Å². The zero-order chi connectivity index (χ0) is 13.7. The van der Waals surface area contributed by atoms with Gasteiger partial charge in [-0.05, 0) is 6.42 Å². The predicted molar refractivity (Wildman–Crippen MR) is 77.6 cm³/mol. The van der Waals surface area contributed by atoms with Crippen LogP contribution in [0.25, 0.3) is 0 Å². The van der Waals surface area contributed by atoms with Gasteiger partial charge < -0.3 is 9.64 Å². The van der Waals surface area contributed by atoms with Gasteiger partial charge in [0.2, 0.25) is 11.9 Å². The molecule has 1 unspecified atom stereocenters. The molecule has 0 spiro atoms. The average Bonchev–Trinajstić information content (AvgIpc) is 2.44. The lowest BCUT2D eigenvalue weighted by atomic mass is 10.4. The molecular weight excluding hydrogens is 264 g/mol. The molecule has 2 heterocycles. The van der Waals surface area contributed by atoms with Gasteiger partial charge in [-0.15, -0.1) is 0 Å². The van der Waals surface area contributed by atoms with Gasteiger partial charge in [-0.25, -0.2) is 5.84 Å². The average molecular weight is 284 g/mol. The number of aromatic nitrogens is 3. The standard InChI is InChI=1S/C11H20N6OS/c1-3-5-18-11-14-9(16-12)13-10(15-11)17-4-6-19-8(2)7-17/h8H,3-7,12H2,1-2H3,(H,13,14,15,16). The van der Waals surface area contributed by atoms with Crippen LogP contribution >= 0.6 is 11.8 Å². The fraction of sp³-hybridized carbons (Fsp3) is 0.727. The van der Waals surface area contributed by atoms with Crippen LogP contribution in [0, 0.1) is 0 Å². The summed E-state index contributed by atoms with van der Waals surface area (Å²) >= 11 is 1.96. The Kier molecular flexibility index (Phi) is 5.03. The van der Waals surface area contributed by atoms with Crippen molar-refractivity contribution in [2.45, 2.75) is 25.5 Å². The van der Waals surface area contributed by atoms with E-state index in [1.165, 1.54) is 0 Å². The summed E-state index contributed by atoms with van der Waals surface area (Å²) in [7, 11) is 0. The van der Waals surface area contributed by atoms with E-state index in [1.807, 2.05) is 18.7 Å². The number of nitrogens with one attached hydrogen (secondary N) is 1. The van der Waals surface area contributed by atoms with Gasteiger partial charge in [0.15, 0.2) is 0 Å². The molecule has 19 heavy (non-hydrogen) atoms. The third-order valence-corrected chi connectivity index (χ3v) is 3.83. The first-order valence-corrected chi connectivity index (χ1v) is 7.50. The lowest BCUT2D eigenvalue weighted by molar-refractivity contribution is 0.292. The van der Waals surface area contributed by atoms with Crippen LogP contribution in [-0.4, -0.2) is 45.7 Å². The molecule has 7 nitrogen and oxygen atoms in total. The molecule has 3 N–H and O–H groups in total. The van der Waals surface area contributed by atoms with Gasteiger partial charge in [-0.2, -0.15) is 26.7 Å². The Balaban J connectivity index is 2.17. The molecule has 1 aromatic heterocycles. The highest BCUT2D eigenvalue weighted by molar-refractivity contribution is 8.00. The van der Waals surface area contributed by atoms with E-state index in [1.54, 1.807) is 0 Å². The molecule has 106 valence electrons. The van der Waals surface area contributed by atoms with E-state index in [2.05, 4.69) is 32.2 Å². The number of nitrogens with two attached hydrogens (primary N) is 1. The quantitative estimate of drug-likeness (QED) is 0.608. The Hall–Kier alpha value is -1.28. The molecular formula is C11H20N6OS. The number of nitrogens with zero attached hydrogens (tertiary/aromatic N) is 4. The van der Waals surface area contributed by atoms with E-state index in [9.17, 15) is 0 Å². The SMILES string of the molecule is CCCOc1nc(NN)nc(N2CCSC(C)C2)n1. The molecule has 0 amide bonds. The number of hydrazine groups is 1. The van der Waals surface area contributed by atoms with Crippen LogP contribution in [0.15, 0.2) is 0 Å². The summed E-state index contributed by atoms with van der Waals surface area (Å²) in [5.41, 5.74) is 2.46. The van der Waals surface area contributed by atoms with Crippen molar-refractivity contribution in [1.82, 2.24) is 15.0 Å². The monoisotopic (exact) mass is 284 g/mol. The molecule has 1 atom stereocenters. The molecule has 0 saturated carbocycles. The second kappa shape index (κ2) is 6.76. The number of hydrogen-bond donors (Lipinski definition) is 2. The van der Waals surface area contributed by atoms with Crippen molar-refractivity contribution in [3.05, 3.63) is 0 Å². The minimum Gasteiger partial charge on any atom is -0.463 e. The van der Waals surface area contributed by atoms with Gasteiger partial charge in [-0.1, -0.05) is 13.8 Å². The van der Waals surface area contributed by atoms with Gasteiger partial charge in [-0.3, -0.25) is 5.43 Å². The van der Waals surface area contributed by atoms with E-state index >= 15 is 0 Å². The van der Waals surface area contributed by atoms with Crippen molar-refractivity contribution >= 4 is 23.7 Å². The van der Waals surface area contributed by atoms with Crippen LogP contribution in [0.4, 0.5) is 11.9 Å². The molecule has 0 aromatic carbocycles. The van der Waals surface area contributed by atoms with E-state index in [0.29, 0.717) is 29.8 Å². The number of thioether (sulfide) groups is 1. The molecule has 1 saturated heterocycles. The molecule has 1 aliphatic rings. The Morgan fingerprint density at radius 3 is 3.00 bits per heavy atom. The fourth-order valence-corrected chi connectivity index (χ4v) is 2.82.